The number of aryl methyl sites for hydroxylation is 2. The fourth-order valence-electron chi connectivity index (χ4n) is 3.88. The predicted molar refractivity (Wildman–Crippen MR) is 122 cm³/mol. The van der Waals surface area contributed by atoms with Crippen LogP contribution in [0.25, 0.3) is 10.2 Å². The lowest BCUT2D eigenvalue weighted by molar-refractivity contribution is -0.117. The number of hydrogen-bond donors (Lipinski definition) is 1. The Labute approximate surface area is 176 Å². The number of aromatic nitrogens is 1. The number of fused-ring (bicyclic) bond motifs is 1. The molecule has 1 amide bonds. The Bertz CT molecular complexity index is 936. The summed E-state index contributed by atoms with van der Waals surface area (Å²) in [6, 6.07) is 14.6. The molecule has 5 nitrogen and oxygen atoms in total. The number of carbonyl (C=O) groups is 1. The lowest BCUT2D eigenvalue weighted by Gasteiger charge is -2.34. The van der Waals surface area contributed by atoms with Gasteiger partial charge in [-0.1, -0.05) is 55.5 Å². The first-order valence-corrected chi connectivity index (χ1v) is 11.2. The van der Waals surface area contributed by atoms with Crippen LogP contribution in [0.15, 0.2) is 42.5 Å². The van der Waals surface area contributed by atoms with Gasteiger partial charge in [0.1, 0.15) is 0 Å². The number of benzene rings is 2. The van der Waals surface area contributed by atoms with Crippen molar-refractivity contribution in [2.75, 3.05) is 42.9 Å². The zero-order valence-electron chi connectivity index (χ0n) is 17.1. The van der Waals surface area contributed by atoms with Gasteiger partial charge in [0.25, 0.3) is 0 Å². The molecule has 1 aliphatic heterocycles. The monoisotopic (exact) mass is 408 g/mol. The highest BCUT2D eigenvalue weighted by Gasteiger charge is 2.22. The summed E-state index contributed by atoms with van der Waals surface area (Å²) >= 11 is 1.75. The molecule has 0 aliphatic carbocycles. The Morgan fingerprint density at radius 1 is 1.00 bits per heavy atom. The minimum atomic E-state index is 0.0778. The number of nitrogens with zero attached hydrogens (tertiary/aromatic N) is 3. The van der Waals surface area contributed by atoms with Crippen LogP contribution in [0.4, 0.5) is 10.8 Å². The summed E-state index contributed by atoms with van der Waals surface area (Å²) in [7, 11) is 0. The summed E-state index contributed by atoms with van der Waals surface area (Å²) in [5.74, 6) is 0.0778. The molecule has 0 radical (unpaired) electrons. The van der Waals surface area contributed by atoms with Crippen LogP contribution in [0.5, 0.6) is 0 Å². The number of nitrogens with one attached hydrogen (secondary N) is 1. The number of rotatable bonds is 6. The smallest absolute Gasteiger partial charge is 0.238 e. The largest absolute Gasteiger partial charge is 0.345 e. The zero-order valence-corrected chi connectivity index (χ0v) is 18.0. The van der Waals surface area contributed by atoms with Crippen LogP contribution in [0, 0.1) is 0 Å². The quantitative estimate of drug-likeness (QED) is 0.665. The Balaban J connectivity index is 1.34. The van der Waals surface area contributed by atoms with Gasteiger partial charge in [-0.3, -0.25) is 9.69 Å². The van der Waals surface area contributed by atoms with Crippen molar-refractivity contribution < 1.29 is 4.79 Å². The van der Waals surface area contributed by atoms with E-state index < -0.39 is 0 Å². The molecule has 1 aliphatic rings. The summed E-state index contributed by atoms with van der Waals surface area (Å²) in [6.45, 7) is 8.25. The molecule has 152 valence electrons. The van der Waals surface area contributed by atoms with Gasteiger partial charge in [-0.2, -0.15) is 0 Å². The van der Waals surface area contributed by atoms with Gasteiger partial charge in [0.2, 0.25) is 5.91 Å². The van der Waals surface area contributed by atoms with Crippen molar-refractivity contribution in [3.63, 3.8) is 0 Å². The van der Waals surface area contributed by atoms with E-state index in [4.69, 9.17) is 4.98 Å². The van der Waals surface area contributed by atoms with E-state index >= 15 is 0 Å². The van der Waals surface area contributed by atoms with E-state index in [9.17, 15) is 4.79 Å². The molecule has 0 bridgehead atoms. The van der Waals surface area contributed by atoms with Crippen molar-refractivity contribution in [1.82, 2.24) is 9.88 Å². The van der Waals surface area contributed by atoms with Crippen molar-refractivity contribution in [3.05, 3.63) is 53.6 Å². The Morgan fingerprint density at radius 2 is 1.69 bits per heavy atom. The van der Waals surface area contributed by atoms with Crippen LogP contribution in [0.1, 0.15) is 25.0 Å². The van der Waals surface area contributed by atoms with Crippen LogP contribution in [-0.2, 0) is 17.6 Å². The normalized spacial score (nSPS) is 15.0. The number of carbonyl (C=O) groups excluding carboxylic acids is 1. The molecule has 0 unspecified atom stereocenters. The Kier molecular flexibility index (Phi) is 6.11. The number of thiazole rings is 1. The van der Waals surface area contributed by atoms with Crippen molar-refractivity contribution in [2.24, 2.45) is 0 Å². The highest BCUT2D eigenvalue weighted by Crippen LogP contribution is 2.29. The maximum atomic E-state index is 12.7. The molecule has 0 spiro atoms. The first-order chi connectivity index (χ1) is 14.2. The third-order valence-corrected chi connectivity index (χ3v) is 6.65. The molecule has 2 heterocycles. The third-order valence-electron chi connectivity index (χ3n) is 5.56. The van der Waals surface area contributed by atoms with Gasteiger partial charge in [-0.05, 0) is 36.1 Å². The molecule has 4 rings (SSSR count). The average Bonchev–Trinajstić information content (AvgIpc) is 3.18. The van der Waals surface area contributed by atoms with E-state index in [1.807, 2.05) is 6.07 Å². The van der Waals surface area contributed by atoms with Gasteiger partial charge in [0, 0.05) is 31.9 Å². The lowest BCUT2D eigenvalue weighted by Crippen LogP contribution is -2.48. The van der Waals surface area contributed by atoms with E-state index in [0.29, 0.717) is 6.54 Å². The van der Waals surface area contributed by atoms with Crippen molar-refractivity contribution in [2.45, 2.75) is 26.7 Å². The van der Waals surface area contributed by atoms with Crippen LogP contribution in [-0.4, -0.2) is 48.5 Å². The fraction of sp³-hybridized carbons (Fsp3) is 0.391. The van der Waals surface area contributed by atoms with E-state index in [2.05, 4.69) is 65.4 Å². The van der Waals surface area contributed by atoms with Crippen molar-refractivity contribution in [1.29, 1.82) is 0 Å². The van der Waals surface area contributed by atoms with Crippen molar-refractivity contribution in [3.8, 4) is 0 Å². The average molecular weight is 409 g/mol. The maximum Gasteiger partial charge on any atom is 0.238 e. The summed E-state index contributed by atoms with van der Waals surface area (Å²) < 4.78 is 1.23. The van der Waals surface area contributed by atoms with Gasteiger partial charge < -0.3 is 10.2 Å². The van der Waals surface area contributed by atoms with E-state index in [1.165, 1.54) is 15.8 Å². The van der Waals surface area contributed by atoms with Gasteiger partial charge >= 0.3 is 0 Å². The lowest BCUT2D eigenvalue weighted by atomic mass is 10.0. The summed E-state index contributed by atoms with van der Waals surface area (Å²) in [5.41, 5.74) is 4.49. The first kappa shape index (κ1) is 19.9. The number of amides is 1. The minimum Gasteiger partial charge on any atom is -0.345 e. The highest BCUT2D eigenvalue weighted by molar-refractivity contribution is 7.22. The van der Waals surface area contributed by atoms with E-state index in [0.717, 1.165) is 55.4 Å². The molecule has 1 N–H and O–H groups in total. The molecule has 29 heavy (non-hydrogen) atoms. The molecular formula is C23H28N4OS. The molecule has 0 saturated carbocycles. The number of piperazine rings is 1. The second kappa shape index (κ2) is 8.93. The van der Waals surface area contributed by atoms with Gasteiger partial charge in [-0.25, -0.2) is 4.98 Å². The SMILES string of the molecule is CCc1cccc(CC)c1NC(=O)CN1CCN(c2nc3ccccc3s2)CC1. The highest BCUT2D eigenvalue weighted by atomic mass is 32.1. The first-order valence-electron chi connectivity index (χ1n) is 10.4. The summed E-state index contributed by atoms with van der Waals surface area (Å²) in [4.78, 5) is 22.0. The standard InChI is InChI=1S/C23H28N4OS/c1-3-17-8-7-9-18(4-2)22(17)25-21(28)16-26-12-14-27(15-13-26)23-24-19-10-5-6-11-20(19)29-23/h5-11H,3-4,12-16H2,1-2H3,(H,25,28). The zero-order chi connectivity index (χ0) is 20.2. The Morgan fingerprint density at radius 3 is 2.34 bits per heavy atom. The number of anilines is 2. The topological polar surface area (TPSA) is 48.5 Å². The van der Waals surface area contributed by atoms with Gasteiger partial charge in [-0.15, -0.1) is 0 Å². The van der Waals surface area contributed by atoms with Gasteiger partial charge in [0.15, 0.2) is 5.13 Å². The van der Waals surface area contributed by atoms with E-state index in [-0.39, 0.29) is 5.91 Å². The second-order valence-electron chi connectivity index (χ2n) is 7.43. The van der Waals surface area contributed by atoms with E-state index in [1.54, 1.807) is 11.3 Å². The van der Waals surface area contributed by atoms with Crippen molar-refractivity contribution >= 4 is 38.3 Å². The third kappa shape index (κ3) is 4.43. The van der Waals surface area contributed by atoms with Crippen LogP contribution in [0.3, 0.4) is 0 Å². The molecule has 6 heteroatoms. The number of para-hydroxylation sites is 2. The van der Waals surface area contributed by atoms with Crippen LogP contribution < -0.4 is 10.2 Å². The summed E-state index contributed by atoms with van der Waals surface area (Å²) in [6.07, 6.45) is 1.84. The molecule has 1 saturated heterocycles. The Hall–Kier alpha value is -2.44. The molecule has 3 aromatic rings. The van der Waals surface area contributed by atoms with Crippen LogP contribution >= 0.6 is 11.3 Å². The minimum absolute atomic E-state index is 0.0778. The molecule has 2 aromatic carbocycles. The second-order valence-corrected chi connectivity index (χ2v) is 8.44. The molecular weight excluding hydrogens is 380 g/mol. The number of hydrogen-bond acceptors (Lipinski definition) is 5. The molecule has 1 fully saturated rings. The molecule has 1 aromatic heterocycles. The van der Waals surface area contributed by atoms with Crippen LogP contribution in [0.2, 0.25) is 0 Å². The maximum absolute atomic E-state index is 12.7. The predicted octanol–water partition coefficient (Wildman–Crippen LogP) is 4.18. The summed E-state index contributed by atoms with van der Waals surface area (Å²) in [5, 5.41) is 4.27. The fourth-order valence-corrected chi connectivity index (χ4v) is 4.89. The molecule has 0 atom stereocenters. The van der Waals surface area contributed by atoms with Gasteiger partial charge in [0.05, 0.1) is 16.8 Å².